The summed E-state index contributed by atoms with van der Waals surface area (Å²) in [5.41, 5.74) is 0. The van der Waals surface area contributed by atoms with E-state index in [1.807, 2.05) is 0 Å². The number of rotatable bonds is 5. The lowest BCUT2D eigenvalue weighted by Gasteiger charge is -1.92. The average molecular weight is 133 g/mol. The van der Waals surface area contributed by atoms with E-state index in [0.29, 0.717) is 6.61 Å². The zero-order valence-corrected chi connectivity index (χ0v) is 5.66. The van der Waals surface area contributed by atoms with Gasteiger partial charge in [-0.1, -0.05) is 6.92 Å². The molecule has 0 atom stereocenters. The lowest BCUT2D eigenvalue weighted by Crippen LogP contribution is -1.93. The van der Waals surface area contributed by atoms with Crippen molar-refractivity contribution in [3.8, 4) is 0 Å². The van der Waals surface area contributed by atoms with Gasteiger partial charge in [0.15, 0.2) is 0 Å². The molecule has 1 radical (unpaired) electrons. The van der Waals surface area contributed by atoms with Gasteiger partial charge in [-0.2, -0.15) is 11.8 Å². The van der Waals surface area contributed by atoms with E-state index in [4.69, 9.17) is 0 Å². The van der Waals surface area contributed by atoms with Gasteiger partial charge in [-0.25, -0.2) is 4.79 Å². The molecule has 0 aromatic rings. The number of ether oxygens (including phenoxy) is 1. The maximum atomic E-state index is 9.41. The molecular weight excluding hydrogens is 124 g/mol. The van der Waals surface area contributed by atoms with Crippen LogP contribution in [-0.4, -0.2) is 24.6 Å². The molecular formula is C5H9O2S. The largest absolute Gasteiger partial charge is 0.456 e. The molecule has 0 N–H and O–H groups in total. The standard InChI is InChI=1S/C5H9O2S/c1-2-8-4-3-7-5-6/h2-4H2,1H3. The summed E-state index contributed by atoms with van der Waals surface area (Å²) in [5, 5.41) is 0. The van der Waals surface area contributed by atoms with Crippen molar-refractivity contribution in [1.29, 1.82) is 0 Å². The van der Waals surface area contributed by atoms with Crippen molar-refractivity contribution in [1.82, 2.24) is 0 Å². The molecule has 0 fully saturated rings. The van der Waals surface area contributed by atoms with Crippen LogP contribution >= 0.6 is 11.8 Å². The van der Waals surface area contributed by atoms with Crippen LogP contribution in [-0.2, 0) is 9.53 Å². The van der Waals surface area contributed by atoms with Gasteiger partial charge in [0.05, 0.1) is 0 Å². The zero-order chi connectivity index (χ0) is 6.24. The molecule has 0 heterocycles. The molecule has 0 rings (SSSR count). The normalized spacial score (nSPS) is 8.62. The molecule has 0 aliphatic heterocycles. The van der Waals surface area contributed by atoms with Crippen molar-refractivity contribution < 1.29 is 9.53 Å². The summed E-state index contributed by atoms with van der Waals surface area (Å²) in [6.07, 6.45) is 0. The minimum atomic E-state index is 0.488. The molecule has 0 aromatic heterocycles. The first-order chi connectivity index (χ1) is 3.91. The van der Waals surface area contributed by atoms with Gasteiger partial charge < -0.3 is 4.74 Å². The molecule has 0 aromatic carbocycles. The third-order valence-corrected chi connectivity index (χ3v) is 1.46. The van der Waals surface area contributed by atoms with Crippen LogP contribution in [0.2, 0.25) is 0 Å². The SMILES string of the molecule is CCSCCO[C]=O. The summed E-state index contributed by atoms with van der Waals surface area (Å²) in [5.74, 6) is 1.95. The highest BCUT2D eigenvalue weighted by Crippen LogP contribution is 1.95. The second-order valence-electron chi connectivity index (χ2n) is 1.13. The predicted molar refractivity (Wildman–Crippen MR) is 34.6 cm³/mol. The van der Waals surface area contributed by atoms with Crippen molar-refractivity contribution in [3.63, 3.8) is 0 Å². The lowest BCUT2D eigenvalue weighted by molar-refractivity contribution is 0.299. The quantitative estimate of drug-likeness (QED) is 0.519. The Kier molecular flexibility index (Phi) is 6.67. The second-order valence-corrected chi connectivity index (χ2v) is 2.52. The van der Waals surface area contributed by atoms with E-state index in [9.17, 15) is 4.79 Å². The van der Waals surface area contributed by atoms with Crippen LogP contribution in [0.1, 0.15) is 6.92 Å². The molecule has 0 unspecified atom stereocenters. The molecule has 0 saturated carbocycles. The van der Waals surface area contributed by atoms with Gasteiger partial charge in [-0.15, -0.1) is 0 Å². The fourth-order valence-corrected chi connectivity index (χ4v) is 0.776. The molecule has 2 nitrogen and oxygen atoms in total. The monoisotopic (exact) mass is 133 g/mol. The molecule has 0 aliphatic carbocycles. The van der Waals surface area contributed by atoms with Gasteiger partial charge in [-0.3, -0.25) is 0 Å². The van der Waals surface area contributed by atoms with Crippen molar-refractivity contribution in [3.05, 3.63) is 0 Å². The first-order valence-electron chi connectivity index (χ1n) is 2.48. The van der Waals surface area contributed by atoms with Crippen LogP contribution in [0.3, 0.4) is 0 Å². The van der Waals surface area contributed by atoms with Gasteiger partial charge in [0.1, 0.15) is 6.61 Å². The Morgan fingerprint density at radius 2 is 2.50 bits per heavy atom. The Balaban J connectivity index is 2.62. The first kappa shape index (κ1) is 7.82. The number of hydrogen-bond donors (Lipinski definition) is 0. The van der Waals surface area contributed by atoms with Crippen molar-refractivity contribution in [2.75, 3.05) is 18.1 Å². The second kappa shape index (κ2) is 6.82. The van der Waals surface area contributed by atoms with Crippen LogP contribution in [0.25, 0.3) is 0 Å². The van der Waals surface area contributed by atoms with E-state index >= 15 is 0 Å². The van der Waals surface area contributed by atoms with Crippen LogP contribution in [0.5, 0.6) is 0 Å². The maximum Gasteiger partial charge on any atom is 0.417 e. The Morgan fingerprint density at radius 3 is 3.00 bits per heavy atom. The highest BCUT2D eigenvalue weighted by molar-refractivity contribution is 7.99. The van der Waals surface area contributed by atoms with Gasteiger partial charge >= 0.3 is 6.47 Å². The van der Waals surface area contributed by atoms with E-state index in [0.717, 1.165) is 11.5 Å². The average Bonchev–Trinajstić information content (AvgIpc) is 1.81. The van der Waals surface area contributed by atoms with E-state index < -0.39 is 0 Å². The molecule has 0 spiro atoms. The summed E-state index contributed by atoms with van der Waals surface area (Å²) in [6.45, 7) is 3.92. The molecule has 0 saturated heterocycles. The smallest absolute Gasteiger partial charge is 0.417 e. The summed E-state index contributed by atoms with van der Waals surface area (Å²) in [7, 11) is 0. The van der Waals surface area contributed by atoms with Gasteiger partial charge in [0, 0.05) is 5.75 Å². The van der Waals surface area contributed by atoms with Crippen LogP contribution in [0.15, 0.2) is 0 Å². The summed E-state index contributed by atoms with van der Waals surface area (Å²) in [4.78, 5) is 9.41. The fraction of sp³-hybridized carbons (Fsp3) is 0.800. The summed E-state index contributed by atoms with van der Waals surface area (Å²) in [6, 6.07) is 0. The molecule has 3 heteroatoms. The minimum absolute atomic E-state index is 0.488. The van der Waals surface area contributed by atoms with Gasteiger partial charge in [0.2, 0.25) is 0 Å². The van der Waals surface area contributed by atoms with E-state index in [1.165, 1.54) is 6.47 Å². The van der Waals surface area contributed by atoms with Gasteiger partial charge in [0.25, 0.3) is 0 Å². The van der Waals surface area contributed by atoms with Crippen molar-refractivity contribution in [2.24, 2.45) is 0 Å². The Hall–Kier alpha value is -0.180. The molecule has 0 bridgehead atoms. The highest BCUT2D eigenvalue weighted by Gasteiger charge is 1.83. The first-order valence-corrected chi connectivity index (χ1v) is 3.64. The minimum Gasteiger partial charge on any atom is -0.456 e. The van der Waals surface area contributed by atoms with Crippen LogP contribution in [0, 0.1) is 0 Å². The van der Waals surface area contributed by atoms with Crippen LogP contribution in [0.4, 0.5) is 0 Å². The third-order valence-electron chi connectivity index (χ3n) is 0.593. The predicted octanol–water partition coefficient (Wildman–Crippen LogP) is 0.823. The Bertz CT molecular complexity index is 56.4. The topological polar surface area (TPSA) is 26.3 Å². The highest BCUT2D eigenvalue weighted by atomic mass is 32.2. The fourth-order valence-electron chi connectivity index (χ4n) is 0.287. The van der Waals surface area contributed by atoms with E-state index in [1.54, 1.807) is 11.8 Å². The van der Waals surface area contributed by atoms with E-state index in [-0.39, 0.29) is 0 Å². The molecule has 0 amide bonds. The molecule has 8 heavy (non-hydrogen) atoms. The van der Waals surface area contributed by atoms with E-state index in [2.05, 4.69) is 11.7 Å². The third kappa shape index (κ3) is 5.82. The Labute approximate surface area is 53.6 Å². The van der Waals surface area contributed by atoms with Crippen LogP contribution < -0.4 is 0 Å². The Morgan fingerprint density at radius 1 is 1.75 bits per heavy atom. The number of carbonyl (C=O) groups excluding carboxylic acids is 1. The molecule has 47 valence electrons. The summed E-state index contributed by atoms with van der Waals surface area (Å²) < 4.78 is 4.31. The van der Waals surface area contributed by atoms with Gasteiger partial charge in [-0.05, 0) is 5.75 Å². The number of hydrogen-bond acceptors (Lipinski definition) is 3. The zero-order valence-electron chi connectivity index (χ0n) is 4.85. The summed E-state index contributed by atoms with van der Waals surface area (Å²) >= 11 is 1.74. The maximum absolute atomic E-state index is 9.41. The van der Waals surface area contributed by atoms with Crippen molar-refractivity contribution in [2.45, 2.75) is 6.92 Å². The lowest BCUT2D eigenvalue weighted by atomic mass is 10.9. The number of thioether (sulfide) groups is 1. The van der Waals surface area contributed by atoms with Crippen molar-refractivity contribution >= 4 is 18.2 Å². The molecule has 0 aliphatic rings.